The van der Waals surface area contributed by atoms with Gasteiger partial charge in [0.05, 0.1) is 5.69 Å². The van der Waals surface area contributed by atoms with Crippen molar-refractivity contribution in [1.29, 1.82) is 0 Å². The maximum Gasteiger partial charge on any atom is 0.159 e. The SMILES string of the molecule is CCNc1cc(-n2ccc(C)n2)nc(COCC)n1. The summed E-state index contributed by atoms with van der Waals surface area (Å²) in [6, 6.07) is 3.82. The number of aromatic nitrogens is 4. The van der Waals surface area contributed by atoms with Crippen LogP contribution in [0.3, 0.4) is 0 Å². The van der Waals surface area contributed by atoms with Gasteiger partial charge in [-0.3, -0.25) is 0 Å². The Morgan fingerprint density at radius 2 is 2.16 bits per heavy atom. The van der Waals surface area contributed by atoms with Crippen molar-refractivity contribution < 1.29 is 4.74 Å². The molecule has 0 aliphatic rings. The van der Waals surface area contributed by atoms with Crippen molar-refractivity contribution in [1.82, 2.24) is 19.7 Å². The number of rotatable bonds is 6. The summed E-state index contributed by atoms with van der Waals surface area (Å²) in [6.45, 7) is 7.79. The molecule has 19 heavy (non-hydrogen) atoms. The van der Waals surface area contributed by atoms with E-state index in [0.717, 1.165) is 23.9 Å². The lowest BCUT2D eigenvalue weighted by Crippen LogP contribution is -2.09. The highest BCUT2D eigenvalue weighted by Gasteiger charge is 2.07. The molecule has 6 heteroatoms. The molecule has 0 atom stereocenters. The zero-order valence-electron chi connectivity index (χ0n) is 11.6. The molecular weight excluding hydrogens is 242 g/mol. The van der Waals surface area contributed by atoms with E-state index >= 15 is 0 Å². The van der Waals surface area contributed by atoms with Crippen LogP contribution in [0, 0.1) is 6.92 Å². The Kier molecular flexibility index (Phi) is 4.46. The van der Waals surface area contributed by atoms with Gasteiger partial charge in [-0.1, -0.05) is 0 Å². The van der Waals surface area contributed by atoms with Crippen LogP contribution in [0.4, 0.5) is 5.82 Å². The highest BCUT2D eigenvalue weighted by atomic mass is 16.5. The van der Waals surface area contributed by atoms with Crippen LogP contribution in [0.15, 0.2) is 18.3 Å². The topological polar surface area (TPSA) is 64.9 Å². The Balaban J connectivity index is 2.33. The van der Waals surface area contributed by atoms with E-state index in [1.54, 1.807) is 4.68 Å². The van der Waals surface area contributed by atoms with Crippen molar-refractivity contribution in [3.05, 3.63) is 29.8 Å². The van der Waals surface area contributed by atoms with Gasteiger partial charge < -0.3 is 10.1 Å². The molecule has 0 bridgehead atoms. The molecule has 2 aromatic heterocycles. The Morgan fingerprint density at radius 3 is 2.79 bits per heavy atom. The molecule has 0 radical (unpaired) electrons. The highest BCUT2D eigenvalue weighted by molar-refractivity contribution is 5.41. The summed E-state index contributed by atoms with van der Waals surface area (Å²) < 4.78 is 7.11. The zero-order chi connectivity index (χ0) is 13.7. The fourth-order valence-corrected chi connectivity index (χ4v) is 1.67. The van der Waals surface area contributed by atoms with Crippen LogP contribution in [-0.4, -0.2) is 32.9 Å². The molecule has 102 valence electrons. The summed E-state index contributed by atoms with van der Waals surface area (Å²) >= 11 is 0. The normalized spacial score (nSPS) is 10.7. The minimum Gasteiger partial charge on any atom is -0.374 e. The molecule has 0 saturated carbocycles. The maximum absolute atomic E-state index is 5.37. The number of nitrogens with zero attached hydrogens (tertiary/aromatic N) is 4. The van der Waals surface area contributed by atoms with Gasteiger partial charge in [-0.25, -0.2) is 14.6 Å². The monoisotopic (exact) mass is 261 g/mol. The Bertz CT molecular complexity index is 538. The number of anilines is 1. The average molecular weight is 261 g/mol. The molecule has 0 aromatic carbocycles. The second kappa shape index (κ2) is 6.29. The Labute approximate surface area is 112 Å². The number of hydrogen-bond donors (Lipinski definition) is 1. The molecule has 0 saturated heterocycles. The molecule has 6 nitrogen and oxygen atoms in total. The summed E-state index contributed by atoms with van der Waals surface area (Å²) in [6.07, 6.45) is 1.89. The molecule has 0 amide bonds. The predicted octanol–water partition coefficient (Wildman–Crippen LogP) is 1.94. The molecule has 0 unspecified atom stereocenters. The van der Waals surface area contributed by atoms with Crippen molar-refractivity contribution in [3.8, 4) is 5.82 Å². The first-order chi connectivity index (χ1) is 9.22. The average Bonchev–Trinajstić information content (AvgIpc) is 2.83. The smallest absolute Gasteiger partial charge is 0.159 e. The van der Waals surface area contributed by atoms with E-state index in [4.69, 9.17) is 4.74 Å². The fraction of sp³-hybridized carbons (Fsp3) is 0.462. The van der Waals surface area contributed by atoms with Gasteiger partial charge in [-0.2, -0.15) is 5.10 Å². The zero-order valence-corrected chi connectivity index (χ0v) is 11.6. The third-order valence-corrected chi connectivity index (χ3v) is 2.51. The highest BCUT2D eigenvalue weighted by Crippen LogP contribution is 2.11. The van der Waals surface area contributed by atoms with Crippen molar-refractivity contribution >= 4 is 5.82 Å². The second-order valence-corrected chi connectivity index (χ2v) is 4.10. The van der Waals surface area contributed by atoms with Crippen molar-refractivity contribution in [3.63, 3.8) is 0 Å². The van der Waals surface area contributed by atoms with Gasteiger partial charge in [0.2, 0.25) is 0 Å². The minimum atomic E-state index is 0.406. The van der Waals surface area contributed by atoms with Crippen LogP contribution in [0.5, 0.6) is 0 Å². The van der Waals surface area contributed by atoms with Crippen LogP contribution in [0.2, 0.25) is 0 Å². The fourth-order valence-electron chi connectivity index (χ4n) is 1.67. The van der Waals surface area contributed by atoms with E-state index in [2.05, 4.69) is 20.4 Å². The van der Waals surface area contributed by atoms with E-state index < -0.39 is 0 Å². The largest absolute Gasteiger partial charge is 0.374 e. The van der Waals surface area contributed by atoms with Crippen molar-refractivity contribution in [2.45, 2.75) is 27.4 Å². The molecule has 0 aliphatic carbocycles. The van der Waals surface area contributed by atoms with Crippen LogP contribution in [0.25, 0.3) is 5.82 Å². The lowest BCUT2D eigenvalue weighted by atomic mass is 10.4. The van der Waals surface area contributed by atoms with Gasteiger partial charge in [0.25, 0.3) is 0 Å². The van der Waals surface area contributed by atoms with Crippen LogP contribution in [0.1, 0.15) is 25.4 Å². The van der Waals surface area contributed by atoms with Gasteiger partial charge in [0.1, 0.15) is 12.4 Å². The predicted molar refractivity (Wildman–Crippen MR) is 73.4 cm³/mol. The van der Waals surface area contributed by atoms with E-state index in [-0.39, 0.29) is 0 Å². The molecular formula is C13H19N5O. The van der Waals surface area contributed by atoms with Crippen LogP contribution >= 0.6 is 0 Å². The molecule has 0 fully saturated rings. The molecule has 1 N–H and O–H groups in total. The van der Waals surface area contributed by atoms with Crippen molar-refractivity contribution in [2.75, 3.05) is 18.5 Å². The first-order valence-electron chi connectivity index (χ1n) is 6.45. The third-order valence-electron chi connectivity index (χ3n) is 2.51. The maximum atomic E-state index is 5.37. The number of hydrogen-bond acceptors (Lipinski definition) is 5. The standard InChI is InChI=1S/C13H19N5O/c1-4-14-11-8-13(18-7-6-10(3)17-18)16-12(15-11)9-19-5-2/h6-8H,4-5,9H2,1-3H3,(H,14,15,16). The first kappa shape index (κ1) is 13.5. The summed E-state index contributed by atoms with van der Waals surface area (Å²) in [4.78, 5) is 8.87. The number of ether oxygens (including phenoxy) is 1. The quantitative estimate of drug-likeness (QED) is 0.861. The summed E-state index contributed by atoms with van der Waals surface area (Å²) in [5, 5.41) is 7.55. The molecule has 0 spiro atoms. The van der Waals surface area contributed by atoms with Gasteiger partial charge in [-0.05, 0) is 26.8 Å². The van der Waals surface area contributed by atoms with Gasteiger partial charge in [0.15, 0.2) is 11.6 Å². The lowest BCUT2D eigenvalue weighted by molar-refractivity contribution is 0.128. The van der Waals surface area contributed by atoms with Gasteiger partial charge in [-0.15, -0.1) is 0 Å². The third kappa shape index (κ3) is 3.51. The second-order valence-electron chi connectivity index (χ2n) is 4.10. The number of nitrogens with one attached hydrogen (secondary N) is 1. The molecule has 2 aromatic rings. The van der Waals surface area contributed by atoms with Crippen molar-refractivity contribution in [2.24, 2.45) is 0 Å². The van der Waals surface area contributed by atoms with E-state index in [1.807, 2.05) is 39.1 Å². The Hall–Kier alpha value is -1.95. The van der Waals surface area contributed by atoms with Crippen LogP contribution < -0.4 is 5.32 Å². The minimum absolute atomic E-state index is 0.406. The van der Waals surface area contributed by atoms with Gasteiger partial charge >= 0.3 is 0 Å². The van der Waals surface area contributed by atoms with E-state index in [1.165, 1.54) is 0 Å². The molecule has 2 rings (SSSR count). The molecule has 2 heterocycles. The van der Waals surface area contributed by atoms with E-state index in [9.17, 15) is 0 Å². The van der Waals surface area contributed by atoms with E-state index in [0.29, 0.717) is 19.0 Å². The summed E-state index contributed by atoms with van der Waals surface area (Å²) in [5.74, 6) is 2.19. The molecule has 0 aliphatic heterocycles. The number of aryl methyl sites for hydroxylation is 1. The van der Waals surface area contributed by atoms with Crippen LogP contribution in [-0.2, 0) is 11.3 Å². The summed E-state index contributed by atoms with van der Waals surface area (Å²) in [7, 11) is 0. The lowest BCUT2D eigenvalue weighted by Gasteiger charge is -2.09. The summed E-state index contributed by atoms with van der Waals surface area (Å²) in [5.41, 5.74) is 0.954. The van der Waals surface area contributed by atoms with Gasteiger partial charge in [0, 0.05) is 25.4 Å². The first-order valence-corrected chi connectivity index (χ1v) is 6.45. The Morgan fingerprint density at radius 1 is 1.32 bits per heavy atom.